The largest absolute Gasteiger partial charge is 0.380 e. The summed E-state index contributed by atoms with van der Waals surface area (Å²) in [4.78, 5) is 15.0. The number of carbonyl (C=O) groups is 1. The number of benzene rings is 1. The molecule has 0 aliphatic carbocycles. The standard InChI is InChI=1S/C17H25NO2/c1-12-7-8-13(2)16(10-12)17(19)14(3)18-9-5-6-15(11-18)20-4/h7-8,10,14-15H,5-6,9,11H2,1-4H3. The van der Waals surface area contributed by atoms with Crippen molar-refractivity contribution < 1.29 is 9.53 Å². The van der Waals surface area contributed by atoms with Crippen LogP contribution in [0.2, 0.25) is 0 Å². The summed E-state index contributed by atoms with van der Waals surface area (Å²) in [7, 11) is 1.76. The molecule has 0 amide bonds. The second-order valence-electron chi connectivity index (χ2n) is 5.85. The summed E-state index contributed by atoms with van der Waals surface area (Å²) < 4.78 is 5.45. The molecule has 2 rings (SSSR count). The van der Waals surface area contributed by atoms with Crippen molar-refractivity contribution in [3.63, 3.8) is 0 Å². The van der Waals surface area contributed by atoms with Gasteiger partial charge in [-0.2, -0.15) is 0 Å². The zero-order valence-corrected chi connectivity index (χ0v) is 13.0. The molecule has 3 nitrogen and oxygen atoms in total. The fourth-order valence-corrected chi connectivity index (χ4v) is 2.90. The molecule has 1 aromatic carbocycles. The van der Waals surface area contributed by atoms with Gasteiger partial charge < -0.3 is 4.74 Å². The van der Waals surface area contributed by atoms with E-state index in [0.717, 1.165) is 42.6 Å². The second-order valence-corrected chi connectivity index (χ2v) is 5.85. The van der Waals surface area contributed by atoms with Gasteiger partial charge in [-0.3, -0.25) is 9.69 Å². The summed E-state index contributed by atoms with van der Waals surface area (Å²) in [5, 5.41) is 0. The van der Waals surface area contributed by atoms with E-state index in [0.29, 0.717) is 0 Å². The molecule has 1 heterocycles. The maximum atomic E-state index is 12.7. The first-order chi connectivity index (χ1) is 9.52. The van der Waals surface area contributed by atoms with Gasteiger partial charge >= 0.3 is 0 Å². The number of hydrogen-bond acceptors (Lipinski definition) is 3. The molecule has 0 radical (unpaired) electrons. The van der Waals surface area contributed by atoms with Crippen LogP contribution in [0.3, 0.4) is 0 Å². The van der Waals surface area contributed by atoms with Gasteiger partial charge in [0.15, 0.2) is 5.78 Å². The lowest BCUT2D eigenvalue weighted by atomic mass is 9.96. The normalized spacial score (nSPS) is 21.7. The van der Waals surface area contributed by atoms with Gasteiger partial charge in [0.1, 0.15) is 0 Å². The summed E-state index contributed by atoms with van der Waals surface area (Å²) in [5.41, 5.74) is 3.06. The Morgan fingerprint density at radius 3 is 2.85 bits per heavy atom. The third kappa shape index (κ3) is 3.28. The SMILES string of the molecule is COC1CCCN(C(C)C(=O)c2cc(C)ccc2C)C1. The molecule has 110 valence electrons. The number of hydrogen-bond donors (Lipinski definition) is 0. The van der Waals surface area contributed by atoms with Crippen molar-refractivity contribution in [2.24, 2.45) is 0 Å². The average molecular weight is 275 g/mol. The highest BCUT2D eigenvalue weighted by molar-refractivity contribution is 6.01. The molecule has 2 atom stereocenters. The Balaban J connectivity index is 2.13. The number of likely N-dealkylation sites (tertiary alicyclic amines) is 1. The average Bonchev–Trinajstić information content (AvgIpc) is 2.48. The summed E-state index contributed by atoms with van der Waals surface area (Å²) in [6.45, 7) is 7.89. The van der Waals surface area contributed by atoms with Crippen LogP contribution < -0.4 is 0 Å². The molecule has 1 aliphatic rings. The van der Waals surface area contributed by atoms with Gasteiger partial charge in [0.05, 0.1) is 12.1 Å². The minimum absolute atomic E-state index is 0.0755. The summed E-state index contributed by atoms with van der Waals surface area (Å²) in [5.74, 6) is 0.225. The molecule has 0 aromatic heterocycles. The van der Waals surface area contributed by atoms with Crippen molar-refractivity contribution in [3.8, 4) is 0 Å². The Labute approximate surface area is 121 Å². The molecule has 1 saturated heterocycles. The maximum Gasteiger partial charge on any atom is 0.179 e. The predicted molar refractivity (Wildman–Crippen MR) is 81.3 cm³/mol. The quantitative estimate of drug-likeness (QED) is 0.791. The van der Waals surface area contributed by atoms with Crippen LogP contribution in [0.15, 0.2) is 18.2 Å². The minimum Gasteiger partial charge on any atom is -0.380 e. The van der Waals surface area contributed by atoms with E-state index in [4.69, 9.17) is 4.74 Å². The smallest absolute Gasteiger partial charge is 0.179 e. The van der Waals surface area contributed by atoms with Gasteiger partial charge in [0.25, 0.3) is 0 Å². The first-order valence-electron chi connectivity index (χ1n) is 7.41. The lowest BCUT2D eigenvalue weighted by molar-refractivity contribution is 0.0182. The predicted octanol–water partition coefficient (Wildman–Crippen LogP) is 2.99. The first kappa shape index (κ1) is 15.2. The maximum absolute atomic E-state index is 12.7. The molecule has 0 saturated carbocycles. The van der Waals surface area contributed by atoms with Crippen LogP contribution in [0.1, 0.15) is 41.3 Å². The third-order valence-corrected chi connectivity index (χ3v) is 4.33. The topological polar surface area (TPSA) is 29.5 Å². The number of piperidine rings is 1. The zero-order chi connectivity index (χ0) is 14.7. The van der Waals surface area contributed by atoms with Crippen molar-refractivity contribution in [1.29, 1.82) is 0 Å². The highest BCUT2D eigenvalue weighted by Gasteiger charge is 2.28. The number of nitrogens with zero attached hydrogens (tertiary/aromatic N) is 1. The molecular weight excluding hydrogens is 250 g/mol. The van der Waals surface area contributed by atoms with Gasteiger partial charge in [-0.25, -0.2) is 0 Å². The number of Topliss-reactive ketones (excluding diaryl/α,β-unsaturated/α-hetero) is 1. The van der Waals surface area contributed by atoms with E-state index in [-0.39, 0.29) is 17.9 Å². The lowest BCUT2D eigenvalue weighted by Crippen LogP contribution is -2.47. The molecule has 20 heavy (non-hydrogen) atoms. The Bertz CT molecular complexity index is 484. The van der Waals surface area contributed by atoms with Crippen LogP contribution in [0.25, 0.3) is 0 Å². The van der Waals surface area contributed by atoms with Crippen molar-refractivity contribution in [1.82, 2.24) is 4.90 Å². The first-order valence-corrected chi connectivity index (χ1v) is 7.41. The molecule has 0 bridgehead atoms. The van der Waals surface area contributed by atoms with E-state index in [9.17, 15) is 4.79 Å². The van der Waals surface area contributed by atoms with E-state index in [2.05, 4.69) is 11.0 Å². The van der Waals surface area contributed by atoms with E-state index < -0.39 is 0 Å². The molecule has 1 aliphatic heterocycles. The van der Waals surface area contributed by atoms with Crippen LogP contribution in [-0.4, -0.2) is 43.0 Å². The fourth-order valence-electron chi connectivity index (χ4n) is 2.90. The van der Waals surface area contributed by atoms with E-state index in [1.54, 1.807) is 7.11 Å². The number of methoxy groups -OCH3 is 1. The molecule has 3 heteroatoms. The number of rotatable bonds is 4. The van der Waals surface area contributed by atoms with E-state index in [1.165, 1.54) is 0 Å². The van der Waals surface area contributed by atoms with Crippen LogP contribution in [0.5, 0.6) is 0 Å². The molecule has 1 fully saturated rings. The van der Waals surface area contributed by atoms with Gasteiger partial charge in [-0.15, -0.1) is 0 Å². The summed E-state index contributed by atoms with van der Waals surface area (Å²) in [6.07, 6.45) is 2.46. The summed E-state index contributed by atoms with van der Waals surface area (Å²) >= 11 is 0. The van der Waals surface area contributed by atoms with Crippen molar-refractivity contribution in [2.75, 3.05) is 20.2 Å². The van der Waals surface area contributed by atoms with Gasteiger partial charge in [-0.05, 0) is 51.8 Å². The Morgan fingerprint density at radius 2 is 2.15 bits per heavy atom. The van der Waals surface area contributed by atoms with Crippen LogP contribution in [0, 0.1) is 13.8 Å². The third-order valence-electron chi connectivity index (χ3n) is 4.33. The van der Waals surface area contributed by atoms with Crippen LogP contribution in [-0.2, 0) is 4.74 Å². The van der Waals surface area contributed by atoms with Crippen molar-refractivity contribution in [2.45, 2.75) is 45.8 Å². The number of aryl methyl sites for hydroxylation is 2. The van der Waals surface area contributed by atoms with Crippen molar-refractivity contribution >= 4 is 5.78 Å². The van der Waals surface area contributed by atoms with Crippen LogP contribution in [0.4, 0.5) is 0 Å². The number of ketones is 1. The zero-order valence-electron chi connectivity index (χ0n) is 13.0. The minimum atomic E-state index is -0.0755. The van der Waals surface area contributed by atoms with Gasteiger partial charge in [0.2, 0.25) is 0 Å². The fraction of sp³-hybridized carbons (Fsp3) is 0.588. The molecule has 0 spiro atoms. The molecule has 0 N–H and O–H groups in total. The number of ether oxygens (including phenoxy) is 1. The molecule has 1 aromatic rings. The lowest BCUT2D eigenvalue weighted by Gasteiger charge is -2.35. The molecule has 2 unspecified atom stereocenters. The van der Waals surface area contributed by atoms with E-state index >= 15 is 0 Å². The molecular formula is C17H25NO2. The highest BCUT2D eigenvalue weighted by Crippen LogP contribution is 2.19. The Hall–Kier alpha value is -1.19. The summed E-state index contributed by atoms with van der Waals surface area (Å²) in [6, 6.07) is 6.02. The van der Waals surface area contributed by atoms with Gasteiger partial charge in [0, 0.05) is 19.2 Å². The Kier molecular flexibility index (Phi) is 4.95. The number of carbonyl (C=O) groups excluding carboxylic acids is 1. The van der Waals surface area contributed by atoms with Crippen LogP contribution >= 0.6 is 0 Å². The Morgan fingerprint density at radius 1 is 1.40 bits per heavy atom. The van der Waals surface area contributed by atoms with Gasteiger partial charge in [-0.1, -0.05) is 17.7 Å². The van der Waals surface area contributed by atoms with E-state index in [1.807, 2.05) is 32.9 Å². The second kappa shape index (κ2) is 6.51. The highest BCUT2D eigenvalue weighted by atomic mass is 16.5. The van der Waals surface area contributed by atoms with Crippen molar-refractivity contribution in [3.05, 3.63) is 34.9 Å². The monoisotopic (exact) mass is 275 g/mol.